The number of quaternary nitrogens is 1. The number of hydrogen-bond donors (Lipinski definition) is 3. The molecule has 0 aliphatic carbocycles. The van der Waals surface area contributed by atoms with E-state index in [9.17, 15) is 19.4 Å². The molecule has 0 aliphatic heterocycles. The molecule has 9 heteroatoms. The predicted octanol–water partition coefficient (Wildman–Crippen LogP) is 13.2. The second-order valence-electron chi connectivity index (χ2n) is 17.1. The molecule has 0 saturated carbocycles. The number of amides is 1. The average Bonchev–Trinajstić information content (AvgIpc) is 3.16. The molecule has 0 spiro atoms. The molecule has 3 N–H and O–H groups in total. The van der Waals surface area contributed by atoms with Crippen LogP contribution in [0.1, 0.15) is 200 Å². The fourth-order valence-corrected chi connectivity index (χ4v) is 7.21. The molecule has 8 nitrogen and oxygen atoms in total. The third kappa shape index (κ3) is 42.4. The highest BCUT2D eigenvalue weighted by Gasteiger charge is 2.27. The van der Waals surface area contributed by atoms with Crippen molar-refractivity contribution in [1.82, 2.24) is 5.32 Å². The first-order valence-corrected chi connectivity index (χ1v) is 25.0. The highest BCUT2D eigenvalue weighted by Crippen LogP contribution is 2.43. The first kappa shape index (κ1) is 55.5. The number of aliphatic hydroxyl groups excluding tert-OH is 1. The minimum atomic E-state index is -4.35. The summed E-state index contributed by atoms with van der Waals surface area (Å²) in [5, 5.41) is 13.8. The van der Waals surface area contributed by atoms with Crippen molar-refractivity contribution in [2.24, 2.45) is 0 Å². The fourth-order valence-electron chi connectivity index (χ4n) is 6.48. The van der Waals surface area contributed by atoms with Gasteiger partial charge in [0.15, 0.2) is 0 Å². The summed E-state index contributed by atoms with van der Waals surface area (Å²) in [5.41, 5.74) is 0. The SMILES string of the molecule is CCCCCCC/C=C\CCCCCCCC(=O)NC(COP(=O)(O)OCC[N+](C)(C)C)C(O)/C=C/CC/C=C/CC/C=C/CCCCCCCCCCCCC. The largest absolute Gasteiger partial charge is 0.472 e. The quantitative estimate of drug-likeness (QED) is 0.0245. The Morgan fingerprint density at radius 2 is 0.965 bits per heavy atom. The molecule has 3 atom stereocenters. The van der Waals surface area contributed by atoms with Gasteiger partial charge in [-0.2, -0.15) is 0 Å². The number of aliphatic hydroxyl groups is 1. The highest BCUT2D eigenvalue weighted by atomic mass is 31.2. The molecule has 57 heavy (non-hydrogen) atoms. The summed E-state index contributed by atoms with van der Waals surface area (Å²) >= 11 is 0. The summed E-state index contributed by atoms with van der Waals surface area (Å²) in [6, 6.07) is -0.873. The average molecular weight is 824 g/mol. The summed E-state index contributed by atoms with van der Waals surface area (Å²) in [4.78, 5) is 23.1. The lowest BCUT2D eigenvalue weighted by Gasteiger charge is -2.25. The van der Waals surface area contributed by atoms with Crippen LogP contribution in [-0.4, -0.2) is 73.4 Å². The van der Waals surface area contributed by atoms with E-state index >= 15 is 0 Å². The Morgan fingerprint density at radius 1 is 0.579 bits per heavy atom. The van der Waals surface area contributed by atoms with Gasteiger partial charge in [-0.05, 0) is 70.6 Å². The molecule has 0 bridgehead atoms. The Hall–Kier alpha value is -1.54. The topological polar surface area (TPSA) is 105 Å². The highest BCUT2D eigenvalue weighted by molar-refractivity contribution is 7.47. The van der Waals surface area contributed by atoms with Crippen LogP contribution in [0.15, 0.2) is 48.6 Å². The molecule has 0 heterocycles. The van der Waals surface area contributed by atoms with Crippen molar-refractivity contribution in [3.05, 3.63) is 48.6 Å². The smallest absolute Gasteiger partial charge is 0.387 e. The normalized spacial score (nSPS) is 14.7. The Bertz CT molecular complexity index is 1070. The predicted molar refractivity (Wildman–Crippen MR) is 244 cm³/mol. The second-order valence-corrected chi connectivity index (χ2v) is 18.6. The molecule has 0 saturated heterocycles. The van der Waals surface area contributed by atoms with Gasteiger partial charge >= 0.3 is 7.82 Å². The van der Waals surface area contributed by atoms with Gasteiger partial charge in [-0.3, -0.25) is 13.8 Å². The first-order chi connectivity index (χ1) is 27.5. The molecule has 0 fully saturated rings. The molecule has 0 rings (SSSR count). The van der Waals surface area contributed by atoms with Gasteiger partial charge in [0.1, 0.15) is 13.2 Å². The van der Waals surface area contributed by atoms with E-state index in [4.69, 9.17) is 9.05 Å². The zero-order valence-electron chi connectivity index (χ0n) is 37.8. The number of nitrogens with zero attached hydrogens (tertiary/aromatic N) is 1. The summed E-state index contributed by atoms with van der Waals surface area (Å²) in [6.07, 6.45) is 50.5. The van der Waals surface area contributed by atoms with Crippen LogP contribution in [0.2, 0.25) is 0 Å². The van der Waals surface area contributed by atoms with Crippen molar-refractivity contribution in [2.45, 2.75) is 212 Å². The Labute approximate surface area is 352 Å². The molecule has 0 radical (unpaired) electrons. The van der Waals surface area contributed by atoms with E-state index in [0.29, 0.717) is 17.4 Å². The number of phosphoric ester groups is 1. The minimum absolute atomic E-state index is 0.0510. The van der Waals surface area contributed by atoms with Crippen molar-refractivity contribution >= 4 is 13.7 Å². The molecule has 334 valence electrons. The van der Waals surface area contributed by atoms with E-state index in [0.717, 1.165) is 57.8 Å². The number of allylic oxidation sites excluding steroid dienone is 7. The molecule has 3 unspecified atom stereocenters. The van der Waals surface area contributed by atoms with Gasteiger partial charge < -0.3 is 19.8 Å². The van der Waals surface area contributed by atoms with Gasteiger partial charge in [0.2, 0.25) is 5.91 Å². The van der Waals surface area contributed by atoms with Crippen LogP contribution in [0, 0.1) is 0 Å². The number of carbonyl (C=O) groups is 1. The molecular formula is C48H92N2O6P+. The van der Waals surface area contributed by atoms with E-state index in [1.807, 2.05) is 27.2 Å². The number of hydrogen-bond acceptors (Lipinski definition) is 5. The van der Waals surface area contributed by atoms with E-state index in [1.54, 1.807) is 6.08 Å². The molecular weight excluding hydrogens is 732 g/mol. The first-order valence-electron chi connectivity index (χ1n) is 23.5. The van der Waals surface area contributed by atoms with Crippen LogP contribution >= 0.6 is 7.82 Å². The van der Waals surface area contributed by atoms with Crippen LogP contribution in [0.4, 0.5) is 0 Å². The van der Waals surface area contributed by atoms with Crippen molar-refractivity contribution in [3.8, 4) is 0 Å². The summed E-state index contributed by atoms with van der Waals surface area (Å²) in [5.74, 6) is -0.201. The summed E-state index contributed by atoms with van der Waals surface area (Å²) < 4.78 is 23.5. The second kappa shape index (κ2) is 39.9. The van der Waals surface area contributed by atoms with E-state index in [-0.39, 0.29) is 19.1 Å². The van der Waals surface area contributed by atoms with Crippen molar-refractivity contribution in [1.29, 1.82) is 0 Å². The van der Waals surface area contributed by atoms with Gasteiger partial charge in [-0.25, -0.2) is 4.57 Å². The van der Waals surface area contributed by atoms with Gasteiger partial charge in [-0.1, -0.05) is 172 Å². The fraction of sp³-hybridized carbons (Fsp3) is 0.812. The van der Waals surface area contributed by atoms with E-state index in [1.165, 1.54) is 122 Å². The number of carbonyl (C=O) groups excluding carboxylic acids is 1. The van der Waals surface area contributed by atoms with E-state index in [2.05, 4.69) is 55.6 Å². The Balaban J connectivity index is 4.47. The molecule has 1 amide bonds. The number of nitrogens with one attached hydrogen (secondary N) is 1. The third-order valence-electron chi connectivity index (χ3n) is 10.2. The van der Waals surface area contributed by atoms with Gasteiger partial charge in [0.05, 0.1) is 39.9 Å². The zero-order chi connectivity index (χ0) is 42.1. The van der Waals surface area contributed by atoms with Crippen molar-refractivity contribution in [3.63, 3.8) is 0 Å². The van der Waals surface area contributed by atoms with Crippen molar-refractivity contribution in [2.75, 3.05) is 40.9 Å². The van der Waals surface area contributed by atoms with Crippen LogP contribution in [-0.2, 0) is 18.4 Å². The van der Waals surface area contributed by atoms with Gasteiger partial charge in [-0.15, -0.1) is 0 Å². The minimum Gasteiger partial charge on any atom is -0.387 e. The number of phosphoric acid groups is 1. The maximum Gasteiger partial charge on any atom is 0.472 e. The van der Waals surface area contributed by atoms with Crippen molar-refractivity contribution < 1.29 is 32.9 Å². The third-order valence-corrected chi connectivity index (χ3v) is 11.2. The Morgan fingerprint density at radius 3 is 1.40 bits per heavy atom. The zero-order valence-corrected chi connectivity index (χ0v) is 38.7. The van der Waals surface area contributed by atoms with Crippen LogP contribution in [0.25, 0.3) is 0 Å². The monoisotopic (exact) mass is 824 g/mol. The number of unbranched alkanes of at least 4 members (excludes halogenated alkanes) is 23. The van der Waals surface area contributed by atoms with Gasteiger partial charge in [0.25, 0.3) is 0 Å². The summed E-state index contributed by atoms with van der Waals surface area (Å²) in [6.45, 7) is 4.76. The van der Waals surface area contributed by atoms with Crippen LogP contribution in [0.5, 0.6) is 0 Å². The molecule has 0 aliphatic rings. The van der Waals surface area contributed by atoms with Crippen LogP contribution in [0.3, 0.4) is 0 Å². The van der Waals surface area contributed by atoms with Crippen LogP contribution < -0.4 is 5.32 Å². The molecule has 0 aromatic heterocycles. The standard InChI is InChI=1S/C48H91N2O6P/c1-6-8-10-12-14-16-18-20-22-23-24-25-26-27-28-29-31-33-35-37-39-41-47(51)46(45-56-57(53,54)55-44-43-50(3,4)5)49-48(52)42-40-38-36-34-32-30-21-19-17-15-13-11-9-7-2/h19,21,26-27,31,33,39,41,46-47,51H,6-18,20,22-25,28-30,32,34-38,40,42-45H2,1-5H3,(H-,49,52,53,54)/p+1/b21-19-,27-26+,33-31+,41-39+. The lowest BCUT2D eigenvalue weighted by molar-refractivity contribution is -0.870. The maximum absolute atomic E-state index is 12.9. The molecule has 0 aromatic carbocycles. The summed E-state index contributed by atoms with van der Waals surface area (Å²) in [7, 11) is 1.54. The number of likely N-dealkylation sites (N-methyl/N-ethyl adjacent to an activating group) is 1. The lowest BCUT2D eigenvalue weighted by Crippen LogP contribution is -2.45. The van der Waals surface area contributed by atoms with Gasteiger partial charge in [0, 0.05) is 6.42 Å². The molecule has 0 aromatic rings. The lowest BCUT2D eigenvalue weighted by atomic mass is 10.1. The number of rotatable bonds is 42. The maximum atomic E-state index is 12.9. The van der Waals surface area contributed by atoms with E-state index < -0.39 is 20.0 Å². The Kier molecular flexibility index (Phi) is 38.8.